The third-order valence-electron chi connectivity index (χ3n) is 4.35. The van der Waals surface area contributed by atoms with E-state index in [9.17, 15) is 36.9 Å². The number of ether oxygens (including phenoxy) is 1. The number of hydrogen-bond acceptors (Lipinski definition) is 8. The maximum Gasteiger partial charge on any atom is 0.322 e. The second kappa shape index (κ2) is 8.61. The summed E-state index contributed by atoms with van der Waals surface area (Å²) in [6.07, 6.45) is 4.16. The van der Waals surface area contributed by atoms with E-state index in [2.05, 4.69) is 4.74 Å². The standard InChI is InChI=1S/C16H20N2O9S/c19-11-10-16(15(23)17-11,28(24,25)26)27-14(22)6-4-2-1-3-5-9-18-12(20)7-8-13(18)21/h7-8H,1-6,9-10H2,(H,17,19,23)(H,24,25,26). The molecule has 0 radical (unpaired) electrons. The molecule has 0 spiro atoms. The summed E-state index contributed by atoms with van der Waals surface area (Å²) in [5.41, 5.74) is 0. The maximum absolute atomic E-state index is 11.9. The molecule has 2 rings (SSSR count). The average molecular weight is 416 g/mol. The fourth-order valence-corrected chi connectivity index (χ4v) is 3.65. The molecule has 0 bridgehead atoms. The summed E-state index contributed by atoms with van der Waals surface area (Å²) in [4.78, 5) is 55.7. The lowest BCUT2D eigenvalue weighted by atomic mass is 10.1. The van der Waals surface area contributed by atoms with Gasteiger partial charge in [0.15, 0.2) is 0 Å². The van der Waals surface area contributed by atoms with E-state index >= 15 is 0 Å². The van der Waals surface area contributed by atoms with E-state index in [1.54, 1.807) is 5.32 Å². The van der Waals surface area contributed by atoms with Crippen LogP contribution in [0.1, 0.15) is 44.9 Å². The number of carbonyl (C=O) groups is 5. The van der Waals surface area contributed by atoms with Gasteiger partial charge in [0, 0.05) is 25.1 Å². The molecule has 2 aliphatic rings. The van der Waals surface area contributed by atoms with Crippen molar-refractivity contribution in [3.63, 3.8) is 0 Å². The first-order chi connectivity index (χ1) is 13.1. The number of nitrogens with zero attached hydrogens (tertiary/aromatic N) is 1. The van der Waals surface area contributed by atoms with Gasteiger partial charge in [0.05, 0.1) is 6.42 Å². The van der Waals surface area contributed by atoms with Crippen LogP contribution < -0.4 is 5.32 Å². The third kappa shape index (κ3) is 4.81. The highest BCUT2D eigenvalue weighted by Gasteiger charge is 2.60. The van der Waals surface area contributed by atoms with E-state index in [1.165, 1.54) is 12.2 Å². The first kappa shape index (κ1) is 21.7. The van der Waals surface area contributed by atoms with E-state index in [-0.39, 0.29) is 18.2 Å². The normalized spacial score (nSPS) is 22.1. The summed E-state index contributed by atoms with van der Waals surface area (Å²) in [5, 5.41) is 1.69. The zero-order chi connectivity index (χ0) is 20.9. The van der Waals surface area contributed by atoms with E-state index < -0.39 is 39.3 Å². The highest BCUT2D eigenvalue weighted by atomic mass is 32.2. The minimum Gasteiger partial charge on any atom is -0.429 e. The molecule has 12 heteroatoms. The Morgan fingerprint density at radius 2 is 1.64 bits per heavy atom. The monoisotopic (exact) mass is 416 g/mol. The lowest BCUT2D eigenvalue weighted by Gasteiger charge is -2.21. The fourth-order valence-electron chi connectivity index (χ4n) is 2.86. The molecule has 2 aliphatic heterocycles. The van der Waals surface area contributed by atoms with Gasteiger partial charge in [-0.15, -0.1) is 0 Å². The Balaban J connectivity index is 1.68. The Morgan fingerprint density at radius 1 is 1.07 bits per heavy atom. The molecule has 154 valence electrons. The molecule has 0 aromatic carbocycles. The number of nitrogens with one attached hydrogen (secondary N) is 1. The van der Waals surface area contributed by atoms with Crippen molar-refractivity contribution >= 4 is 39.7 Å². The molecule has 28 heavy (non-hydrogen) atoms. The number of esters is 1. The Hall–Kier alpha value is -2.60. The van der Waals surface area contributed by atoms with Crippen molar-refractivity contribution in [1.82, 2.24) is 10.2 Å². The van der Waals surface area contributed by atoms with Crippen molar-refractivity contribution < 1.29 is 41.7 Å². The van der Waals surface area contributed by atoms with Gasteiger partial charge < -0.3 is 4.74 Å². The van der Waals surface area contributed by atoms with Gasteiger partial charge in [0.2, 0.25) is 5.91 Å². The number of imide groups is 2. The summed E-state index contributed by atoms with van der Waals surface area (Å²) < 4.78 is 36.8. The quantitative estimate of drug-likeness (QED) is 0.205. The number of rotatable bonds is 10. The molecule has 1 fully saturated rings. The summed E-state index contributed by atoms with van der Waals surface area (Å²) >= 11 is 0. The number of carbonyl (C=O) groups excluding carboxylic acids is 5. The van der Waals surface area contributed by atoms with Crippen molar-refractivity contribution in [2.45, 2.75) is 49.9 Å². The molecule has 2 heterocycles. The van der Waals surface area contributed by atoms with Crippen LogP contribution in [0, 0.1) is 0 Å². The van der Waals surface area contributed by atoms with Gasteiger partial charge in [-0.2, -0.15) is 8.42 Å². The van der Waals surface area contributed by atoms with Crippen LogP contribution >= 0.6 is 0 Å². The average Bonchev–Trinajstić information content (AvgIpc) is 3.06. The summed E-state index contributed by atoms with van der Waals surface area (Å²) in [5.74, 6) is -4.07. The lowest BCUT2D eigenvalue weighted by molar-refractivity contribution is -0.158. The minimum absolute atomic E-state index is 0.203. The molecule has 1 unspecified atom stereocenters. The first-order valence-corrected chi connectivity index (χ1v) is 10.1. The van der Waals surface area contributed by atoms with Crippen LogP contribution in [0.3, 0.4) is 0 Å². The molecular formula is C16H20N2O9S. The molecule has 0 saturated carbocycles. The van der Waals surface area contributed by atoms with Crippen LogP contribution in [0.5, 0.6) is 0 Å². The Labute approximate surface area is 160 Å². The Kier molecular flexibility index (Phi) is 6.67. The van der Waals surface area contributed by atoms with Crippen LogP contribution in [-0.4, -0.2) is 58.9 Å². The molecule has 0 aromatic heterocycles. The zero-order valence-electron chi connectivity index (χ0n) is 14.9. The Morgan fingerprint density at radius 3 is 2.18 bits per heavy atom. The maximum atomic E-state index is 11.9. The van der Waals surface area contributed by atoms with Crippen LogP contribution in [0.4, 0.5) is 0 Å². The van der Waals surface area contributed by atoms with E-state index in [0.717, 1.165) is 4.90 Å². The lowest BCUT2D eigenvalue weighted by Crippen LogP contribution is -2.49. The van der Waals surface area contributed by atoms with Crippen molar-refractivity contribution in [2.24, 2.45) is 0 Å². The molecule has 4 amide bonds. The second-order valence-corrected chi connectivity index (χ2v) is 8.04. The van der Waals surface area contributed by atoms with Crippen LogP contribution in [0.15, 0.2) is 12.2 Å². The van der Waals surface area contributed by atoms with E-state index in [1.807, 2.05) is 0 Å². The van der Waals surface area contributed by atoms with Gasteiger partial charge in [-0.25, -0.2) is 0 Å². The second-order valence-electron chi connectivity index (χ2n) is 6.44. The largest absolute Gasteiger partial charge is 0.429 e. The SMILES string of the molecule is O=C1CC(OC(=O)CCCCCCCN2C(=O)C=CC2=O)(S(=O)(=O)O)C(=O)N1. The van der Waals surface area contributed by atoms with Crippen molar-refractivity contribution in [2.75, 3.05) is 6.54 Å². The van der Waals surface area contributed by atoms with Crippen molar-refractivity contribution in [3.05, 3.63) is 12.2 Å². The molecule has 0 aromatic rings. The van der Waals surface area contributed by atoms with Gasteiger partial charge in [-0.3, -0.25) is 38.7 Å². The van der Waals surface area contributed by atoms with Crippen molar-refractivity contribution in [3.8, 4) is 0 Å². The number of hydrogen-bond donors (Lipinski definition) is 2. The van der Waals surface area contributed by atoms with Gasteiger partial charge in [-0.1, -0.05) is 19.3 Å². The number of amides is 4. The minimum atomic E-state index is -5.14. The van der Waals surface area contributed by atoms with Crippen LogP contribution in [0.25, 0.3) is 0 Å². The summed E-state index contributed by atoms with van der Waals surface area (Å²) in [6, 6.07) is 0. The topological polar surface area (TPSA) is 164 Å². The predicted octanol–water partition coefficient (Wildman–Crippen LogP) is -0.574. The smallest absolute Gasteiger partial charge is 0.322 e. The zero-order valence-corrected chi connectivity index (χ0v) is 15.7. The molecule has 1 atom stereocenters. The van der Waals surface area contributed by atoms with E-state index in [4.69, 9.17) is 0 Å². The first-order valence-electron chi connectivity index (χ1n) is 8.63. The number of unbranched alkanes of at least 4 members (excludes halogenated alkanes) is 4. The molecule has 2 N–H and O–H groups in total. The Bertz CT molecular complexity index is 815. The van der Waals surface area contributed by atoms with Crippen molar-refractivity contribution in [1.29, 1.82) is 0 Å². The van der Waals surface area contributed by atoms with Gasteiger partial charge in [0.25, 0.3) is 17.7 Å². The van der Waals surface area contributed by atoms with E-state index in [0.29, 0.717) is 38.6 Å². The van der Waals surface area contributed by atoms with Gasteiger partial charge in [-0.05, 0) is 12.8 Å². The highest BCUT2D eigenvalue weighted by molar-refractivity contribution is 7.88. The van der Waals surface area contributed by atoms with Gasteiger partial charge >= 0.3 is 21.0 Å². The van der Waals surface area contributed by atoms with Crippen LogP contribution in [-0.2, 0) is 38.8 Å². The third-order valence-corrected chi connectivity index (χ3v) is 5.60. The highest BCUT2D eigenvalue weighted by Crippen LogP contribution is 2.28. The molecule has 0 aliphatic carbocycles. The molecule has 11 nitrogen and oxygen atoms in total. The van der Waals surface area contributed by atoms with Crippen LogP contribution in [0.2, 0.25) is 0 Å². The summed E-state index contributed by atoms with van der Waals surface area (Å²) in [6.45, 7) is 0.312. The molecular weight excluding hydrogens is 396 g/mol. The predicted molar refractivity (Wildman–Crippen MR) is 91.7 cm³/mol. The van der Waals surface area contributed by atoms with Gasteiger partial charge in [0.1, 0.15) is 0 Å². The molecule has 1 saturated heterocycles. The summed E-state index contributed by atoms with van der Waals surface area (Å²) in [7, 11) is -5.14. The fraction of sp³-hybridized carbons (Fsp3) is 0.562.